The van der Waals surface area contributed by atoms with Gasteiger partial charge in [0.15, 0.2) is 0 Å². The predicted octanol–water partition coefficient (Wildman–Crippen LogP) is 6.65. The van der Waals surface area contributed by atoms with Crippen LogP contribution in [0.5, 0.6) is 11.5 Å². The van der Waals surface area contributed by atoms with Crippen molar-refractivity contribution >= 4 is 55.8 Å². The van der Waals surface area contributed by atoms with Gasteiger partial charge in [-0.2, -0.15) is 0 Å². The molecule has 0 saturated carbocycles. The number of nitrogens with zero attached hydrogens (tertiary/aromatic N) is 1. The first-order valence-electron chi connectivity index (χ1n) is 15.9. The molecule has 3 aromatic carbocycles. The van der Waals surface area contributed by atoms with Crippen molar-refractivity contribution in [3.05, 3.63) is 54.1 Å². The summed E-state index contributed by atoms with van der Waals surface area (Å²) < 4.78 is 36.4. The predicted molar refractivity (Wildman–Crippen MR) is 184 cm³/mol. The Hall–Kier alpha value is -4.52. The second-order valence-corrected chi connectivity index (χ2v) is 13.3. The highest BCUT2D eigenvalue weighted by molar-refractivity contribution is 7.92. The molecule has 5 N–H and O–H groups in total. The molecule has 13 heteroatoms. The van der Waals surface area contributed by atoms with Crippen LogP contribution in [0, 0.1) is 0 Å². The maximum atomic E-state index is 13.1. The normalized spacial score (nSPS) is 11.2. The third-order valence-corrected chi connectivity index (χ3v) is 8.05. The Morgan fingerprint density at radius 3 is 2.21 bits per heavy atom. The first kappa shape index (κ1) is 36.9. The van der Waals surface area contributed by atoms with Gasteiger partial charge in [-0.15, -0.1) is 0 Å². The van der Waals surface area contributed by atoms with Crippen LogP contribution in [0.4, 0.5) is 21.9 Å². The van der Waals surface area contributed by atoms with Crippen LogP contribution in [0.1, 0.15) is 81.5 Å². The average Bonchev–Trinajstić information content (AvgIpc) is 3.01. The number of phenols is 1. The number of amides is 2. The highest BCUT2D eigenvalue weighted by Crippen LogP contribution is 2.42. The topological polar surface area (TPSA) is 177 Å². The van der Waals surface area contributed by atoms with Crippen molar-refractivity contribution in [1.29, 1.82) is 0 Å². The van der Waals surface area contributed by atoms with E-state index in [1.165, 1.54) is 82.3 Å². The third-order valence-electron chi connectivity index (χ3n) is 7.44. The van der Waals surface area contributed by atoms with Crippen LogP contribution in [0.25, 0.3) is 10.8 Å². The molecule has 3 rings (SSSR count). The number of carbonyl (C=O) groups excluding carboxylic acids is 3. The zero-order valence-corrected chi connectivity index (χ0v) is 28.2. The Morgan fingerprint density at radius 2 is 1.55 bits per heavy atom. The number of ether oxygens (including phenoxy) is 2. The Kier molecular flexibility index (Phi) is 14.1. The second kappa shape index (κ2) is 18.0. The molecule has 0 aromatic heterocycles. The molecule has 0 fully saturated rings. The van der Waals surface area contributed by atoms with E-state index in [0.29, 0.717) is 0 Å². The lowest BCUT2D eigenvalue weighted by Gasteiger charge is -2.19. The Balaban J connectivity index is 1.60. The number of nitrogen functional groups attached to an aromatic ring is 1. The van der Waals surface area contributed by atoms with E-state index in [2.05, 4.69) is 17.0 Å². The summed E-state index contributed by atoms with van der Waals surface area (Å²) in [6.45, 7) is 2.14. The van der Waals surface area contributed by atoms with Gasteiger partial charge in [-0.05, 0) is 30.7 Å². The first-order chi connectivity index (χ1) is 22.4. The SMILES string of the molecule is CCCCCCCCCCCCOC(=O)CN(C)C(=O)Oc1cc(NC(=O)c2cccc(NS(C)(=O)=O)c2)c(O)c2cccc(N)c12. The van der Waals surface area contributed by atoms with Crippen molar-refractivity contribution in [2.75, 3.05) is 42.2 Å². The van der Waals surface area contributed by atoms with Crippen molar-refractivity contribution < 1.29 is 37.4 Å². The molecule has 0 aliphatic carbocycles. The molecule has 12 nitrogen and oxygen atoms in total. The van der Waals surface area contributed by atoms with Gasteiger partial charge in [-0.25, -0.2) is 13.2 Å². The maximum Gasteiger partial charge on any atom is 0.415 e. The molecule has 0 aliphatic rings. The van der Waals surface area contributed by atoms with Crippen LogP contribution in [0.3, 0.4) is 0 Å². The molecule has 256 valence electrons. The van der Waals surface area contributed by atoms with Crippen LogP contribution in [0.15, 0.2) is 48.5 Å². The number of rotatable bonds is 18. The molecule has 47 heavy (non-hydrogen) atoms. The van der Waals surface area contributed by atoms with E-state index in [4.69, 9.17) is 15.2 Å². The van der Waals surface area contributed by atoms with Gasteiger partial charge in [-0.3, -0.25) is 19.2 Å². The number of hydrogen-bond donors (Lipinski definition) is 4. The van der Waals surface area contributed by atoms with Crippen molar-refractivity contribution in [3.63, 3.8) is 0 Å². The minimum Gasteiger partial charge on any atom is -0.505 e. The fraction of sp³-hybridized carbons (Fsp3) is 0.441. The van der Waals surface area contributed by atoms with Crippen LogP contribution >= 0.6 is 0 Å². The molecule has 0 spiro atoms. The number of sulfonamides is 1. The van der Waals surface area contributed by atoms with Crippen LogP contribution < -0.4 is 20.5 Å². The highest BCUT2D eigenvalue weighted by Gasteiger charge is 2.22. The molecule has 3 aromatic rings. The van der Waals surface area contributed by atoms with Crippen LogP contribution in [0.2, 0.25) is 0 Å². The van der Waals surface area contributed by atoms with E-state index in [9.17, 15) is 27.9 Å². The van der Waals surface area contributed by atoms with E-state index in [0.717, 1.165) is 30.4 Å². The molecule has 0 heterocycles. The van der Waals surface area contributed by atoms with E-state index < -0.39 is 28.0 Å². The molecule has 0 unspecified atom stereocenters. The summed E-state index contributed by atoms with van der Waals surface area (Å²) in [6.07, 6.45) is 11.7. The van der Waals surface area contributed by atoms with Crippen molar-refractivity contribution in [2.24, 2.45) is 0 Å². The average molecular weight is 671 g/mol. The number of nitrogens with two attached hydrogens (primary N) is 1. The number of benzene rings is 3. The summed E-state index contributed by atoms with van der Waals surface area (Å²) in [5, 5.41) is 14.0. The van der Waals surface area contributed by atoms with Crippen LogP contribution in [-0.4, -0.2) is 62.8 Å². The summed E-state index contributed by atoms with van der Waals surface area (Å²) in [5.74, 6) is -1.62. The largest absolute Gasteiger partial charge is 0.505 e. The number of likely N-dealkylation sites (N-methyl/N-ethyl adjacent to an activating group) is 1. The Morgan fingerprint density at radius 1 is 0.915 bits per heavy atom. The van der Waals surface area contributed by atoms with Crippen molar-refractivity contribution in [2.45, 2.75) is 71.1 Å². The van der Waals surface area contributed by atoms with E-state index in [1.54, 1.807) is 18.2 Å². The second-order valence-electron chi connectivity index (χ2n) is 11.6. The van der Waals surface area contributed by atoms with Gasteiger partial charge in [0.25, 0.3) is 5.91 Å². The van der Waals surface area contributed by atoms with Gasteiger partial charge < -0.3 is 25.6 Å². The first-order valence-corrected chi connectivity index (χ1v) is 17.8. The number of unbranched alkanes of at least 4 members (excludes halogenated alkanes) is 9. The van der Waals surface area contributed by atoms with E-state index in [-0.39, 0.29) is 58.0 Å². The zero-order chi connectivity index (χ0) is 34.4. The summed E-state index contributed by atoms with van der Waals surface area (Å²) in [6, 6.07) is 11.7. The molecular weight excluding hydrogens is 624 g/mol. The smallest absolute Gasteiger partial charge is 0.415 e. The van der Waals surface area contributed by atoms with Gasteiger partial charge in [0.1, 0.15) is 18.0 Å². The molecule has 0 saturated heterocycles. The number of aromatic hydroxyl groups is 1. The number of anilines is 3. The number of phenolic OH excluding ortho intramolecular Hbond substituents is 1. The standard InChI is InChI=1S/C34H46N4O8S/c1-4-5-6-7-8-9-10-11-12-13-20-45-30(39)23-38(2)34(42)46-29-22-28(32(40)26-18-15-19-27(35)31(26)29)36-33(41)24-16-14-17-25(21-24)37-47(3,43)44/h14-19,21-22,37,40H,4-13,20,23,35H2,1-3H3,(H,36,41). The molecule has 0 bridgehead atoms. The van der Waals surface area contributed by atoms with Crippen molar-refractivity contribution in [3.8, 4) is 11.5 Å². The van der Waals surface area contributed by atoms with Gasteiger partial charge in [-0.1, -0.05) is 82.9 Å². The zero-order valence-electron chi connectivity index (χ0n) is 27.3. The Labute approximate surface area is 276 Å². The number of hydrogen-bond acceptors (Lipinski definition) is 9. The third kappa shape index (κ3) is 12.0. The van der Waals surface area contributed by atoms with E-state index in [1.807, 2.05) is 0 Å². The fourth-order valence-electron chi connectivity index (χ4n) is 5.02. The molecule has 2 amide bonds. The van der Waals surface area contributed by atoms with Gasteiger partial charge in [0, 0.05) is 35.4 Å². The molecule has 0 radical (unpaired) electrons. The molecule has 0 aliphatic heterocycles. The number of esters is 1. The summed E-state index contributed by atoms with van der Waals surface area (Å²) in [5.41, 5.74) is 6.56. The number of nitrogens with one attached hydrogen (secondary N) is 2. The monoisotopic (exact) mass is 670 g/mol. The lowest BCUT2D eigenvalue weighted by atomic mass is 10.0. The minimum atomic E-state index is -3.57. The maximum absolute atomic E-state index is 13.1. The number of carbonyl (C=O) groups is 3. The molecular formula is C34H46N4O8S. The summed E-state index contributed by atoms with van der Waals surface area (Å²) in [7, 11) is -2.19. The minimum absolute atomic E-state index is 0.0609. The van der Waals surface area contributed by atoms with Crippen LogP contribution in [-0.2, 0) is 19.6 Å². The lowest BCUT2D eigenvalue weighted by Crippen LogP contribution is -2.35. The van der Waals surface area contributed by atoms with E-state index >= 15 is 0 Å². The van der Waals surface area contributed by atoms with Gasteiger partial charge in [0.2, 0.25) is 10.0 Å². The summed E-state index contributed by atoms with van der Waals surface area (Å²) >= 11 is 0. The quantitative estimate of drug-likeness (QED) is 0.0499. The van der Waals surface area contributed by atoms with Gasteiger partial charge in [0.05, 0.1) is 23.9 Å². The lowest BCUT2D eigenvalue weighted by molar-refractivity contribution is -0.144. The summed E-state index contributed by atoms with van der Waals surface area (Å²) in [4.78, 5) is 39.5. The Bertz CT molecular complexity index is 1640. The highest BCUT2D eigenvalue weighted by atomic mass is 32.2. The van der Waals surface area contributed by atoms with Gasteiger partial charge >= 0.3 is 12.1 Å². The fourth-order valence-corrected chi connectivity index (χ4v) is 5.57. The molecule has 0 atom stereocenters. The number of fused-ring (bicyclic) bond motifs is 1. The van der Waals surface area contributed by atoms with Crippen molar-refractivity contribution in [1.82, 2.24) is 4.90 Å².